The molecule has 5 nitrogen and oxygen atoms in total. The molecule has 8 heteroatoms. The molecule has 1 saturated heterocycles. The number of carbonyl (C=O) groups excluding carboxylic acids is 1. The summed E-state index contributed by atoms with van der Waals surface area (Å²) in [5, 5.41) is 2.78. The van der Waals surface area contributed by atoms with E-state index in [1.807, 2.05) is 0 Å². The van der Waals surface area contributed by atoms with Gasteiger partial charge in [0.25, 0.3) is 5.91 Å². The molecule has 1 aliphatic rings. The number of amides is 1. The minimum Gasteiger partial charge on any atom is -0.491 e. The van der Waals surface area contributed by atoms with Gasteiger partial charge in [-0.15, -0.1) is 0 Å². The summed E-state index contributed by atoms with van der Waals surface area (Å²) in [5.41, 5.74) is 0.416. The second-order valence-corrected chi connectivity index (χ2v) is 5.68. The van der Waals surface area contributed by atoms with Crippen LogP contribution in [0.2, 0.25) is 0 Å². The average molecular weight is 346 g/mol. The predicted octanol–water partition coefficient (Wildman–Crippen LogP) is 2.08. The van der Waals surface area contributed by atoms with E-state index in [0.29, 0.717) is 37.5 Å². The van der Waals surface area contributed by atoms with Crippen LogP contribution < -0.4 is 10.1 Å². The van der Waals surface area contributed by atoms with Crippen LogP contribution in [0.3, 0.4) is 0 Å². The van der Waals surface area contributed by atoms with Crippen molar-refractivity contribution in [2.45, 2.75) is 18.6 Å². The highest BCUT2D eigenvalue weighted by Gasteiger charge is 2.34. The summed E-state index contributed by atoms with van der Waals surface area (Å²) in [5.74, 6) is 0.232. The van der Waals surface area contributed by atoms with E-state index in [4.69, 9.17) is 9.47 Å². The minimum atomic E-state index is -4.22. The van der Waals surface area contributed by atoms with Crippen molar-refractivity contribution in [1.29, 1.82) is 0 Å². The van der Waals surface area contributed by atoms with Gasteiger partial charge in [0.2, 0.25) is 0 Å². The number of rotatable bonds is 7. The van der Waals surface area contributed by atoms with E-state index >= 15 is 0 Å². The Balaban J connectivity index is 1.85. The second-order valence-electron chi connectivity index (χ2n) is 5.68. The number of nitrogens with zero attached hydrogens (tertiary/aromatic N) is 1. The fourth-order valence-electron chi connectivity index (χ4n) is 2.59. The number of likely N-dealkylation sites (tertiary alicyclic amines) is 1. The molecule has 0 aliphatic carbocycles. The molecule has 0 aromatic heterocycles. The van der Waals surface area contributed by atoms with Crippen LogP contribution in [0, 0.1) is 0 Å². The molecule has 0 bridgehead atoms. The molecule has 0 saturated carbocycles. The lowest BCUT2D eigenvalue weighted by atomic mass is 10.1. The number of benzene rings is 1. The van der Waals surface area contributed by atoms with Crippen LogP contribution in [0.1, 0.15) is 16.8 Å². The van der Waals surface area contributed by atoms with E-state index in [1.54, 1.807) is 31.4 Å². The van der Waals surface area contributed by atoms with Crippen molar-refractivity contribution in [3.05, 3.63) is 29.8 Å². The fourth-order valence-corrected chi connectivity index (χ4v) is 2.59. The maximum Gasteiger partial charge on any atom is 0.401 e. The molecule has 24 heavy (non-hydrogen) atoms. The molecule has 1 aromatic rings. The van der Waals surface area contributed by atoms with Gasteiger partial charge in [-0.3, -0.25) is 9.69 Å². The summed E-state index contributed by atoms with van der Waals surface area (Å²) in [6.45, 7) is 0.395. The lowest BCUT2D eigenvalue weighted by molar-refractivity contribution is -0.143. The SMILES string of the molecule is COCCOc1cccc(C(=O)NC2CCN(CC(F)(F)F)C2)c1. The van der Waals surface area contributed by atoms with Gasteiger partial charge in [-0.1, -0.05) is 6.07 Å². The van der Waals surface area contributed by atoms with Gasteiger partial charge in [-0.2, -0.15) is 13.2 Å². The predicted molar refractivity (Wildman–Crippen MR) is 82.2 cm³/mol. The van der Waals surface area contributed by atoms with Crippen LogP contribution >= 0.6 is 0 Å². The number of halogens is 3. The monoisotopic (exact) mass is 346 g/mol. The zero-order valence-corrected chi connectivity index (χ0v) is 13.4. The molecular formula is C16H21F3N2O3. The largest absolute Gasteiger partial charge is 0.491 e. The Morgan fingerprint density at radius 1 is 1.38 bits per heavy atom. The van der Waals surface area contributed by atoms with Crippen molar-refractivity contribution in [2.75, 3.05) is 40.0 Å². The first kappa shape index (κ1) is 18.5. The first-order chi connectivity index (χ1) is 11.4. The number of ether oxygens (including phenoxy) is 2. The van der Waals surface area contributed by atoms with Gasteiger partial charge in [0, 0.05) is 31.8 Å². The van der Waals surface area contributed by atoms with Gasteiger partial charge in [-0.05, 0) is 24.6 Å². The second kappa shape index (κ2) is 8.34. The summed E-state index contributed by atoms with van der Waals surface area (Å²) < 4.78 is 47.5. The molecule has 1 N–H and O–H groups in total. The number of nitrogens with one attached hydrogen (secondary N) is 1. The van der Waals surface area contributed by atoms with Crippen LogP contribution in [-0.2, 0) is 4.74 Å². The highest BCUT2D eigenvalue weighted by molar-refractivity contribution is 5.94. The molecule has 1 aromatic carbocycles. The Morgan fingerprint density at radius 2 is 2.17 bits per heavy atom. The molecule has 0 radical (unpaired) electrons. The number of hydrogen-bond donors (Lipinski definition) is 1. The van der Waals surface area contributed by atoms with Crippen molar-refractivity contribution in [3.63, 3.8) is 0 Å². The fraction of sp³-hybridized carbons (Fsp3) is 0.562. The number of methoxy groups -OCH3 is 1. The molecule has 1 unspecified atom stereocenters. The maximum atomic E-state index is 12.4. The molecule has 0 spiro atoms. The van der Waals surface area contributed by atoms with Gasteiger partial charge in [0.05, 0.1) is 13.2 Å². The van der Waals surface area contributed by atoms with E-state index in [1.165, 1.54) is 4.90 Å². The standard InChI is InChI=1S/C16H21F3N2O3/c1-23-7-8-24-14-4-2-3-12(9-14)15(22)20-13-5-6-21(10-13)11-16(17,18)19/h2-4,9,13H,5-8,10-11H2,1H3,(H,20,22). The van der Waals surface area contributed by atoms with Crippen molar-refractivity contribution in [3.8, 4) is 5.75 Å². The van der Waals surface area contributed by atoms with Gasteiger partial charge in [0.1, 0.15) is 12.4 Å². The number of hydrogen-bond acceptors (Lipinski definition) is 4. The average Bonchev–Trinajstić information content (AvgIpc) is 2.93. The highest BCUT2D eigenvalue weighted by atomic mass is 19.4. The third-order valence-electron chi connectivity index (χ3n) is 3.66. The van der Waals surface area contributed by atoms with Gasteiger partial charge < -0.3 is 14.8 Å². The first-order valence-electron chi connectivity index (χ1n) is 7.69. The zero-order valence-electron chi connectivity index (χ0n) is 13.4. The van der Waals surface area contributed by atoms with Crippen LogP contribution in [0.5, 0.6) is 5.75 Å². The van der Waals surface area contributed by atoms with Gasteiger partial charge in [0.15, 0.2) is 0 Å². The normalized spacial score (nSPS) is 18.6. The summed E-state index contributed by atoms with van der Waals surface area (Å²) in [7, 11) is 1.57. The van der Waals surface area contributed by atoms with E-state index in [9.17, 15) is 18.0 Å². The molecule has 1 atom stereocenters. The Morgan fingerprint density at radius 3 is 2.88 bits per heavy atom. The lowest BCUT2D eigenvalue weighted by Crippen LogP contribution is -2.39. The summed E-state index contributed by atoms with van der Waals surface area (Å²) in [6.07, 6.45) is -3.71. The molecule has 2 rings (SSSR count). The van der Waals surface area contributed by atoms with E-state index in [0.717, 1.165) is 0 Å². The molecule has 1 fully saturated rings. The Hall–Kier alpha value is -1.80. The third kappa shape index (κ3) is 6.01. The topological polar surface area (TPSA) is 50.8 Å². The molecule has 1 heterocycles. The van der Waals surface area contributed by atoms with E-state index in [2.05, 4.69) is 5.32 Å². The molecule has 134 valence electrons. The Bertz CT molecular complexity index is 552. The smallest absolute Gasteiger partial charge is 0.401 e. The number of alkyl halides is 3. The summed E-state index contributed by atoms with van der Waals surface area (Å²) in [6, 6.07) is 6.39. The van der Waals surface area contributed by atoms with E-state index in [-0.39, 0.29) is 18.5 Å². The Kier molecular flexibility index (Phi) is 6.44. The van der Waals surface area contributed by atoms with Crippen molar-refractivity contribution >= 4 is 5.91 Å². The van der Waals surface area contributed by atoms with Crippen LogP contribution in [0.4, 0.5) is 13.2 Å². The minimum absolute atomic E-state index is 0.204. The van der Waals surface area contributed by atoms with Crippen LogP contribution in [-0.4, -0.2) is 63.0 Å². The van der Waals surface area contributed by atoms with Crippen LogP contribution in [0.15, 0.2) is 24.3 Å². The molecule has 1 aliphatic heterocycles. The maximum absolute atomic E-state index is 12.4. The van der Waals surface area contributed by atoms with Crippen molar-refractivity contribution in [1.82, 2.24) is 10.2 Å². The lowest BCUT2D eigenvalue weighted by Gasteiger charge is -2.18. The number of carbonyl (C=O) groups is 1. The summed E-state index contributed by atoms with van der Waals surface area (Å²) in [4.78, 5) is 13.5. The summed E-state index contributed by atoms with van der Waals surface area (Å²) >= 11 is 0. The molecular weight excluding hydrogens is 325 g/mol. The van der Waals surface area contributed by atoms with Gasteiger partial charge >= 0.3 is 6.18 Å². The van der Waals surface area contributed by atoms with Crippen molar-refractivity contribution < 1.29 is 27.4 Å². The van der Waals surface area contributed by atoms with Crippen molar-refractivity contribution in [2.24, 2.45) is 0 Å². The quantitative estimate of drug-likeness (QED) is 0.768. The molecule has 1 amide bonds. The first-order valence-corrected chi connectivity index (χ1v) is 7.69. The third-order valence-corrected chi connectivity index (χ3v) is 3.66. The van der Waals surface area contributed by atoms with Crippen LogP contribution in [0.25, 0.3) is 0 Å². The van der Waals surface area contributed by atoms with Gasteiger partial charge in [-0.25, -0.2) is 0 Å². The zero-order chi connectivity index (χ0) is 17.6. The van der Waals surface area contributed by atoms with E-state index < -0.39 is 12.7 Å². The Labute approximate surface area is 138 Å². The highest BCUT2D eigenvalue weighted by Crippen LogP contribution is 2.20.